The molecule has 0 aliphatic rings. The Morgan fingerprint density at radius 2 is 1.47 bits per heavy atom. The molecule has 0 aromatic carbocycles. The molecule has 0 spiro atoms. The molecule has 0 saturated carbocycles. The van der Waals surface area contributed by atoms with Crippen LogP contribution in [-0.2, 0) is 9.59 Å². The molecule has 0 saturated heterocycles. The van der Waals surface area contributed by atoms with Gasteiger partial charge in [0.05, 0.1) is 5.92 Å². The molecule has 0 aromatic heterocycles. The van der Waals surface area contributed by atoms with Crippen LogP contribution in [0.25, 0.3) is 0 Å². The predicted molar refractivity (Wildman–Crippen MR) is 59.7 cm³/mol. The molecule has 0 rings (SSSR count). The van der Waals surface area contributed by atoms with Gasteiger partial charge < -0.3 is 5.11 Å². The minimum Gasteiger partial charge on any atom is -0.481 e. The van der Waals surface area contributed by atoms with Gasteiger partial charge in [-0.25, -0.2) is 0 Å². The number of carboxylic acid groups (broad SMARTS) is 1. The van der Waals surface area contributed by atoms with Crippen molar-refractivity contribution >= 4 is 11.8 Å². The summed E-state index contributed by atoms with van der Waals surface area (Å²) < 4.78 is 0. The summed E-state index contributed by atoms with van der Waals surface area (Å²) in [5, 5.41) is 9.07. The van der Waals surface area contributed by atoms with Gasteiger partial charge in [0.2, 0.25) is 0 Å². The Kier molecular flexibility index (Phi) is 4.08. The third kappa shape index (κ3) is 4.45. The summed E-state index contributed by atoms with van der Waals surface area (Å²) in [5.74, 6) is -1.49. The van der Waals surface area contributed by atoms with Crippen LogP contribution >= 0.6 is 0 Å². The highest BCUT2D eigenvalue weighted by molar-refractivity contribution is 5.87. The molecule has 0 radical (unpaired) electrons. The lowest BCUT2D eigenvalue weighted by molar-refractivity contribution is -0.148. The average Bonchev–Trinajstić information content (AvgIpc) is 1.94. The number of carbonyl (C=O) groups excluding carboxylic acids is 1. The second-order valence-corrected chi connectivity index (χ2v) is 6.13. The zero-order valence-corrected chi connectivity index (χ0v) is 10.5. The summed E-state index contributed by atoms with van der Waals surface area (Å²) in [6.45, 7) is 11.0. The Morgan fingerprint density at radius 3 is 1.67 bits per heavy atom. The highest BCUT2D eigenvalue weighted by Gasteiger charge is 2.35. The third-order valence-electron chi connectivity index (χ3n) is 2.57. The van der Waals surface area contributed by atoms with Gasteiger partial charge in [-0.05, 0) is 5.41 Å². The van der Waals surface area contributed by atoms with E-state index in [0.29, 0.717) is 0 Å². The summed E-state index contributed by atoms with van der Waals surface area (Å²) in [6.07, 6.45) is 0.113. The van der Waals surface area contributed by atoms with Gasteiger partial charge in [-0.2, -0.15) is 0 Å². The van der Waals surface area contributed by atoms with Crippen LogP contribution in [0.1, 0.15) is 48.0 Å². The molecule has 3 nitrogen and oxygen atoms in total. The van der Waals surface area contributed by atoms with Crippen molar-refractivity contribution in [3.63, 3.8) is 0 Å². The first-order valence-corrected chi connectivity index (χ1v) is 5.22. The molecule has 1 atom stereocenters. The molecule has 3 heteroatoms. The van der Waals surface area contributed by atoms with Gasteiger partial charge in [-0.3, -0.25) is 9.59 Å². The molecule has 0 aromatic rings. The summed E-state index contributed by atoms with van der Waals surface area (Å²) in [4.78, 5) is 22.8. The second-order valence-electron chi connectivity index (χ2n) is 6.13. The van der Waals surface area contributed by atoms with E-state index in [4.69, 9.17) is 5.11 Å². The van der Waals surface area contributed by atoms with Gasteiger partial charge in [0, 0.05) is 11.8 Å². The van der Waals surface area contributed by atoms with Gasteiger partial charge in [-0.1, -0.05) is 41.5 Å². The molecule has 0 aliphatic heterocycles. The van der Waals surface area contributed by atoms with Crippen LogP contribution in [-0.4, -0.2) is 16.9 Å². The maximum absolute atomic E-state index is 11.8. The Labute approximate surface area is 91.9 Å². The predicted octanol–water partition coefficient (Wildman–Crippen LogP) is 2.74. The van der Waals surface area contributed by atoms with E-state index in [9.17, 15) is 9.59 Å². The minimum atomic E-state index is -0.889. The Morgan fingerprint density at radius 1 is 1.07 bits per heavy atom. The van der Waals surface area contributed by atoms with Crippen molar-refractivity contribution in [2.75, 3.05) is 0 Å². The number of Topliss-reactive ketones (excluding diaryl/α,β-unsaturated/α-hetero) is 1. The van der Waals surface area contributed by atoms with E-state index >= 15 is 0 Å². The summed E-state index contributed by atoms with van der Waals surface area (Å²) in [5.41, 5.74) is -0.842. The van der Waals surface area contributed by atoms with Gasteiger partial charge >= 0.3 is 5.97 Å². The Bertz CT molecular complexity index is 253. The van der Waals surface area contributed by atoms with Crippen LogP contribution < -0.4 is 0 Å². The van der Waals surface area contributed by atoms with Crippen molar-refractivity contribution in [1.29, 1.82) is 0 Å². The van der Waals surface area contributed by atoms with Gasteiger partial charge in [0.15, 0.2) is 0 Å². The topological polar surface area (TPSA) is 54.4 Å². The Hall–Kier alpha value is -0.860. The highest BCUT2D eigenvalue weighted by atomic mass is 16.4. The number of carboxylic acids is 1. The maximum atomic E-state index is 11.8. The SMILES string of the molecule is CC(C)(C)C(=O)CC(C(=O)O)C(C)(C)C. The number of rotatable bonds is 3. The maximum Gasteiger partial charge on any atom is 0.307 e. The fourth-order valence-electron chi connectivity index (χ4n) is 1.26. The molecule has 0 fully saturated rings. The lowest BCUT2D eigenvalue weighted by atomic mass is 9.74. The van der Waals surface area contributed by atoms with Crippen molar-refractivity contribution in [2.45, 2.75) is 48.0 Å². The zero-order valence-electron chi connectivity index (χ0n) is 10.5. The first-order chi connectivity index (χ1) is 6.46. The fraction of sp³-hybridized carbons (Fsp3) is 0.833. The van der Waals surface area contributed by atoms with E-state index in [-0.39, 0.29) is 17.6 Å². The molecule has 0 heterocycles. The van der Waals surface area contributed by atoms with E-state index in [0.717, 1.165) is 0 Å². The van der Waals surface area contributed by atoms with Gasteiger partial charge in [0.25, 0.3) is 0 Å². The standard InChI is InChI=1S/C12H22O3/c1-11(2,3)8(10(14)15)7-9(13)12(4,5)6/h8H,7H2,1-6H3,(H,14,15). The minimum absolute atomic E-state index is 0.00447. The lowest BCUT2D eigenvalue weighted by Crippen LogP contribution is -2.34. The lowest BCUT2D eigenvalue weighted by Gasteiger charge is -2.28. The van der Waals surface area contributed by atoms with Crippen LogP contribution in [0.3, 0.4) is 0 Å². The Balaban J connectivity index is 4.74. The molecule has 88 valence electrons. The monoisotopic (exact) mass is 214 g/mol. The van der Waals surface area contributed by atoms with Crippen molar-refractivity contribution < 1.29 is 14.7 Å². The first-order valence-electron chi connectivity index (χ1n) is 5.22. The normalized spacial score (nSPS) is 14.8. The molecular formula is C12H22O3. The molecule has 0 aliphatic carbocycles. The number of hydrogen-bond acceptors (Lipinski definition) is 2. The number of aliphatic carboxylic acids is 1. The quantitative estimate of drug-likeness (QED) is 0.786. The van der Waals surface area contributed by atoms with Crippen molar-refractivity contribution in [2.24, 2.45) is 16.7 Å². The highest BCUT2D eigenvalue weighted by Crippen LogP contribution is 2.32. The van der Waals surface area contributed by atoms with Crippen molar-refractivity contribution in [3.05, 3.63) is 0 Å². The summed E-state index contributed by atoms with van der Waals surface area (Å²) in [7, 11) is 0. The third-order valence-corrected chi connectivity index (χ3v) is 2.57. The van der Waals surface area contributed by atoms with Gasteiger partial charge in [-0.15, -0.1) is 0 Å². The first kappa shape index (κ1) is 14.1. The van der Waals surface area contributed by atoms with Crippen molar-refractivity contribution in [1.82, 2.24) is 0 Å². The largest absolute Gasteiger partial charge is 0.481 e. The van der Waals surface area contributed by atoms with Crippen LogP contribution in [0.4, 0.5) is 0 Å². The molecule has 1 unspecified atom stereocenters. The van der Waals surface area contributed by atoms with E-state index in [1.807, 2.05) is 41.5 Å². The smallest absolute Gasteiger partial charge is 0.307 e. The van der Waals surface area contributed by atoms with E-state index in [1.165, 1.54) is 0 Å². The van der Waals surface area contributed by atoms with Crippen LogP contribution in [0.2, 0.25) is 0 Å². The van der Waals surface area contributed by atoms with E-state index < -0.39 is 17.3 Å². The molecule has 15 heavy (non-hydrogen) atoms. The number of hydrogen-bond donors (Lipinski definition) is 1. The molecule has 1 N–H and O–H groups in total. The molecular weight excluding hydrogens is 192 g/mol. The molecule has 0 bridgehead atoms. The number of carbonyl (C=O) groups is 2. The molecule has 0 amide bonds. The van der Waals surface area contributed by atoms with Crippen LogP contribution in [0.5, 0.6) is 0 Å². The van der Waals surface area contributed by atoms with Crippen LogP contribution in [0.15, 0.2) is 0 Å². The fourth-order valence-corrected chi connectivity index (χ4v) is 1.26. The zero-order chi connectivity index (χ0) is 12.4. The second kappa shape index (κ2) is 4.33. The number of ketones is 1. The van der Waals surface area contributed by atoms with Gasteiger partial charge in [0.1, 0.15) is 5.78 Å². The van der Waals surface area contributed by atoms with Crippen LogP contribution in [0, 0.1) is 16.7 Å². The van der Waals surface area contributed by atoms with E-state index in [2.05, 4.69) is 0 Å². The van der Waals surface area contributed by atoms with E-state index in [1.54, 1.807) is 0 Å². The summed E-state index contributed by atoms with van der Waals surface area (Å²) in [6, 6.07) is 0. The average molecular weight is 214 g/mol. The van der Waals surface area contributed by atoms with Crippen molar-refractivity contribution in [3.8, 4) is 0 Å². The summed E-state index contributed by atoms with van der Waals surface area (Å²) >= 11 is 0.